The summed E-state index contributed by atoms with van der Waals surface area (Å²) < 4.78 is 11.2. The third-order valence-electron chi connectivity index (χ3n) is 2.88. The summed E-state index contributed by atoms with van der Waals surface area (Å²) in [4.78, 5) is 4.27. The lowest BCUT2D eigenvalue weighted by Gasteiger charge is -2.06. The maximum absolute atomic E-state index is 5.67. The average Bonchev–Trinajstić information content (AvgIpc) is 2.81. The van der Waals surface area contributed by atoms with Gasteiger partial charge in [-0.2, -0.15) is 0 Å². The van der Waals surface area contributed by atoms with Crippen molar-refractivity contribution in [1.82, 2.24) is 4.98 Å². The lowest BCUT2D eigenvalue weighted by molar-refractivity contribution is 0.309. The lowest BCUT2D eigenvalue weighted by atomic mass is 10.1. The maximum Gasteiger partial charge on any atom is 0.192 e. The molecule has 0 radical (unpaired) electrons. The van der Waals surface area contributed by atoms with E-state index in [1.807, 2.05) is 31.2 Å². The Hall–Kier alpha value is -1.81. The Labute approximate surface area is 113 Å². The number of hydrogen-bond donors (Lipinski definition) is 1. The number of aryl methyl sites for hydroxylation is 1. The van der Waals surface area contributed by atoms with E-state index in [4.69, 9.17) is 14.9 Å². The third-order valence-corrected chi connectivity index (χ3v) is 2.88. The van der Waals surface area contributed by atoms with E-state index in [0.29, 0.717) is 12.4 Å². The molecule has 1 heterocycles. The predicted molar refractivity (Wildman–Crippen MR) is 75.0 cm³/mol. The first-order chi connectivity index (χ1) is 9.24. The number of hydrogen-bond acceptors (Lipinski definition) is 4. The minimum absolute atomic E-state index is 0.376. The molecule has 2 aromatic rings. The van der Waals surface area contributed by atoms with Crippen LogP contribution in [0.15, 0.2) is 28.7 Å². The van der Waals surface area contributed by atoms with Gasteiger partial charge in [-0.3, -0.25) is 0 Å². The fraction of sp³-hybridized carbons (Fsp3) is 0.400. The van der Waals surface area contributed by atoms with Crippen LogP contribution in [0.1, 0.15) is 31.4 Å². The molecular weight excluding hydrogens is 240 g/mol. The zero-order valence-corrected chi connectivity index (χ0v) is 11.5. The number of ether oxygens (including phenoxy) is 1. The van der Waals surface area contributed by atoms with Gasteiger partial charge in [0.15, 0.2) is 11.7 Å². The van der Waals surface area contributed by atoms with Gasteiger partial charge in [0.25, 0.3) is 0 Å². The summed E-state index contributed by atoms with van der Waals surface area (Å²) in [6.07, 6.45) is 2.20. The van der Waals surface area contributed by atoms with E-state index in [-0.39, 0.29) is 0 Å². The minimum Gasteiger partial charge on any atom is -0.494 e. The fourth-order valence-electron chi connectivity index (χ4n) is 1.87. The van der Waals surface area contributed by atoms with Crippen LogP contribution in [0.25, 0.3) is 11.3 Å². The van der Waals surface area contributed by atoms with Crippen LogP contribution in [0.3, 0.4) is 0 Å². The normalized spacial score (nSPS) is 10.7. The van der Waals surface area contributed by atoms with Gasteiger partial charge in [-0.1, -0.05) is 13.3 Å². The summed E-state index contributed by atoms with van der Waals surface area (Å²) >= 11 is 0. The number of nitrogens with zero attached hydrogens (tertiary/aromatic N) is 1. The zero-order valence-electron chi connectivity index (χ0n) is 11.5. The first-order valence-corrected chi connectivity index (χ1v) is 6.64. The van der Waals surface area contributed by atoms with Crippen LogP contribution >= 0.6 is 0 Å². The zero-order chi connectivity index (χ0) is 13.7. The third kappa shape index (κ3) is 3.35. The summed E-state index contributed by atoms with van der Waals surface area (Å²) in [5.74, 6) is 2.27. The van der Waals surface area contributed by atoms with Crippen molar-refractivity contribution in [2.45, 2.75) is 33.2 Å². The van der Waals surface area contributed by atoms with Crippen LogP contribution in [-0.4, -0.2) is 11.6 Å². The molecule has 1 aromatic heterocycles. The van der Waals surface area contributed by atoms with Crippen LogP contribution in [0.5, 0.6) is 5.75 Å². The molecule has 4 heteroatoms. The summed E-state index contributed by atoms with van der Waals surface area (Å²) in [7, 11) is 0. The Morgan fingerprint density at radius 2 is 2.00 bits per heavy atom. The summed E-state index contributed by atoms with van der Waals surface area (Å²) in [5.41, 5.74) is 7.43. The van der Waals surface area contributed by atoms with Gasteiger partial charge in [0.1, 0.15) is 11.4 Å². The molecule has 0 atom stereocenters. The molecule has 0 fully saturated rings. The topological polar surface area (TPSA) is 61.3 Å². The molecule has 2 N–H and O–H groups in total. The molecule has 0 saturated carbocycles. The van der Waals surface area contributed by atoms with Gasteiger partial charge in [0, 0.05) is 19.0 Å². The summed E-state index contributed by atoms with van der Waals surface area (Å²) in [6.45, 7) is 5.10. The minimum atomic E-state index is 0.376. The molecule has 0 amide bonds. The lowest BCUT2D eigenvalue weighted by Crippen LogP contribution is -1.98. The number of benzene rings is 1. The number of unbranched alkanes of at least 4 members (excludes halogenated alkanes) is 1. The van der Waals surface area contributed by atoms with Crippen LogP contribution < -0.4 is 10.5 Å². The quantitative estimate of drug-likeness (QED) is 0.810. The van der Waals surface area contributed by atoms with Crippen molar-refractivity contribution in [3.63, 3.8) is 0 Å². The van der Waals surface area contributed by atoms with Crippen LogP contribution in [0.2, 0.25) is 0 Å². The monoisotopic (exact) mass is 260 g/mol. The highest BCUT2D eigenvalue weighted by atomic mass is 16.5. The van der Waals surface area contributed by atoms with Crippen molar-refractivity contribution in [2.75, 3.05) is 6.61 Å². The van der Waals surface area contributed by atoms with Crippen molar-refractivity contribution >= 4 is 0 Å². The van der Waals surface area contributed by atoms with Gasteiger partial charge >= 0.3 is 0 Å². The standard InChI is InChI=1S/C15H20N2O2/c1-3-4-9-18-13-7-5-12(6-8-13)15-14(10-16)17-11(2)19-15/h5-8H,3-4,9-10,16H2,1-2H3. The Morgan fingerprint density at radius 1 is 1.26 bits per heavy atom. The molecule has 1 aromatic carbocycles. The maximum atomic E-state index is 5.67. The van der Waals surface area contributed by atoms with Crippen molar-refractivity contribution in [2.24, 2.45) is 5.73 Å². The smallest absolute Gasteiger partial charge is 0.192 e. The largest absolute Gasteiger partial charge is 0.494 e. The van der Waals surface area contributed by atoms with Crippen molar-refractivity contribution < 1.29 is 9.15 Å². The molecule has 19 heavy (non-hydrogen) atoms. The second-order valence-electron chi connectivity index (χ2n) is 4.44. The second-order valence-corrected chi connectivity index (χ2v) is 4.44. The SMILES string of the molecule is CCCCOc1ccc(-c2oc(C)nc2CN)cc1. The van der Waals surface area contributed by atoms with Gasteiger partial charge in [-0.05, 0) is 30.7 Å². The highest BCUT2D eigenvalue weighted by Gasteiger charge is 2.11. The first kappa shape index (κ1) is 13.6. The predicted octanol–water partition coefficient (Wildman–Crippen LogP) is 3.29. The molecular formula is C15H20N2O2. The Bertz CT molecular complexity index is 517. The van der Waals surface area contributed by atoms with Gasteiger partial charge in [-0.25, -0.2) is 4.98 Å². The van der Waals surface area contributed by atoms with Gasteiger partial charge in [-0.15, -0.1) is 0 Å². The molecule has 0 saturated heterocycles. The first-order valence-electron chi connectivity index (χ1n) is 6.64. The highest BCUT2D eigenvalue weighted by molar-refractivity contribution is 5.60. The molecule has 0 aliphatic heterocycles. The molecule has 0 spiro atoms. The number of aromatic nitrogens is 1. The van der Waals surface area contributed by atoms with E-state index >= 15 is 0 Å². The van der Waals surface area contributed by atoms with Gasteiger partial charge in [0.2, 0.25) is 0 Å². The van der Waals surface area contributed by atoms with E-state index in [9.17, 15) is 0 Å². The average molecular weight is 260 g/mol. The van der Waals surface area contributed by atoms with E-state index in [0.717, 1.165) is 42.2 Å². The molecule has 0 bridgehead atoms. The highest BCUT2D eigenvalue weighted by Crippen LogP contribution is 2.26. The number of oxazole rings is 1. The second kappa shape index (κ2) is 6.38. The van der Waals surface area contributed by atoms with E-state index in [1.54, 1.807) is 0 Å². The molecule has 0 aliphatic rings. The Morgan fingerprint density at radius 3 is 2.63 bits per heavy atom. The van der Waals surface area contributed by atoms with Gasteiger partial charge in [0.05, 0.1) is 6.61 Å². The van der Waals surface area contributed by atoms with E-state index in [2.05, 4.69) is 11.9 Å². The van der Waals surface area contributed by atoms with E-state index < -0.39 is 0 Å². The Balaban J connectivity index is 2.13. The van der Waals surface area contributed by atoms with Crippen LogP contribution in [0, 0.1) is 6.92 Å². The molecule has 102 valence electrons. The summed E-state index contributed by atoms with van der Waals surface area (Å²) in [6, 6.07) is 7.84. The molecule has 0 aliphatic carbocycles. The van der Waals surface area contributed by atoms with Crippen molar-refractivity contribution in [1.29, 1.82) is 0 Å². The Kier molecular flexibility index (Phi) is 4.58. The van der Waals surface area contributed by atoms with Crippen molar-refractivity contribution in [3.8, 4) is 17.1 Å². The molecule has 2 rings (SSSR count). The van der Waals surface area contributed by atoms with Crippen LogP contribution in [-0.2, 0) is 6.54 Å². The molecule has 4 nitrogen and oxygen atoms in total. The summed E-state index contributed by atoms with van der Waals surface area (Å²) in [5, 5.41) is 0. The molecule has 0 unspecified atom stereocenters. The number of rotatable bonds is 6. The van der Waals surface area contributed by atoms with E-state index in [1.165, 1.54) is 0 Å². The fourth-order valence-corrected chi connectivity index (χ4v) is 1.87. The van der Waals surface area contributed by atoms with Crippen molar-refractivity contribution in [3.05, 3.63) is 35.9 Å². The van der Waals surface area contributed by atoms with Crippen LogP contribution in [0.4, 0.5) is 0 Å². The number of nitrogens with two attached hydrogens (primary N) is 1. The van der Waals surface area contributed by atoms with Gasteiger partial charge < -0.3 is 14.9 Å².